The van der Waals surface area contributed by atoms with Crippen molar-refractivity contribution in [3.63, 3.8) is 0 Å². The van der Waals surface area contributed by atoms with Crippen LogP contribution in [0.4, 0.5) is 11.5 Å². The average molecular weight is 679 g/mol. The third kappa shape index (κ3) is 6.47. The van der Waals surface area contributed by atoms with Gasteiger partial charge in [0.1, 0.15) is 17.7 Å². The van der Waals surface area contributed by atoms with Crippen LogP contribution in [0, 0.1) is 0 Å². The highest BCUT2D eigenvalue weighted by atomic mass is 32.2. The maximum atomic E-state index is 11.8. The molecule has 5 aromatic carbocycles. The van der Waals surface area contributed by atoms with Crippen LogP contribution in [0.3, 0.4) is 0 Å². The van der Waals surface area contributed by atoms with Gasteiger partial charge < -0.3 is 10.2 Å². The number of sulfone groups is 1. The number of hydrogen-bond acceptors (Lipinski definition) is 7. The van der Waals surface area contributed by atoms with Crippen LogP contribution < -0.4 is 10.2 Å². The largest absolute Gasteiger partial charge is 0.385 e. The minimum atomic E-state index is -3.22. The molecule has 8 nitrogen and oxygen atoms in total. The maximum Gasteiger partial charge on any atom is 0.175 e. The lowest BCUT2D eigenvalue weighted by molar-refractivity contribution is 0.460. The van der Waals surface area contributed by atoms with Crippen LogP contribution in [-0.4, -0.2) is 54.6 Å². The Morgan fingerprint density at radius 1 is 0.740 bits per heavy atom. The first-order chi connectivity index (χ1) is 24.3. The molecule has 2 heterocycles. The fourth-order valence-corrected chi connectivity index (χ4v) is 7.22. The van der Waals surface area contributed by atoms with Gasteiger partial charge in [0, 0.05) is 49.2 Å². The summed E-state index contributed by atoms with van der Waals surface area (Å²) in [5.41, 5.74) is 6.41. The van der Waals surface area contributed by atoms with E-state index in [0.717, 1.165) is 69.7 Å². The van der Waals surface area contributed by atoms with E-state index >= 15 is 0 Å². The first kappa shape index (κ1) is 32.7. The van der Waals surface area contributed by atoms with Gasteiger partial charge in [-0.2, -0.15) is 5.10 Å². The van der Waals surface area contributed by atoms with Gasteiger partial charge in [0.15, 0.2) is 9.84 Å². The smallest absolute Gasteiger partial charge is 0.175 e. The van der Waals surface area contributed by atoms with Gasteiger partial charge >= 0.3 is 0 Å². The Balaban J connectivity index is 1.18. The molecule has 0 unspecified atom stereocenters. The van der Waals surface area contributed by atoms with E-state index in [0.29, 0.717) is 4.90 Å². The molecule has 0 atom stereocenters. The summed E-state index contributed by atoms with van der Waals surface area (Å²) in [4.78, 5) is 11.7. The lowest BCUT2D eigenvalue weighted by atomic mass is 9.77. The van der Waals surface area contributed by atoms with Crippen molar-refractivity contribution in [2.45, 2.75) is 16.9 Å². The molecule has 0 amide bonds. The number of fused-ring (bicyclic) bond motifs is 1. The van der Waals surface area contributed by atoms with Crippen LogP contribution >= 0.6 is 0 Å². The zero-order chi connectivity index (χ0) is 34.6. The summed E-state index contributed by atoms with van der Waals surface area (Å²) in [6, 6.07) is 44.8. The number of nitrogens with one attached hydrogen (secondary N) is 1. The molecule has 0 saturated heterocycles. The number of benzene rings is 5. The number of aromatic nitrogens is 4. The van der Waals surface area contributed by atoms with Gasteiger partial charge in [-0.25, -0.2) is 18.4 Å². The molecule has 1 N–H and O–H groups in total. The molecule has 2 aromatic heterocycles. The van der Waals surface area contributed by atoms with E-state index in [1.54, 1.807) is 30.6 Å². The van der Waals surface area contributed by atoms with E-state index in [9.17, 15) is 8.42 Å². The summed E-state index contributed by atoms with van der Waals surface area (Å²) in [6.45, 7) is 1.48. The number of hydrogen-bond donors (Lipinski definition) is 1. The van der Waals surface area contributed by atoms with Crippen molar-refractivity contribution in [2.24, 2.45) is 0 Å². The minimum Gasteiger partial charge on any atom is -0.385 e. The van der Waals surface area contributed by atoms with Gasteiger partial charge in [-0.05, 0) is 65.1 Å². The van der Waals surface area contributed by atoms with Crippen molar-refractivity contribution in [3.8, 4) is 11.1 Å². The summed E-state index contributed by atoms with van der Waals surface area (Å²) < 4.78 is 25.6. The summed E-state index contributed by atoms with van der Waals surface area (Å²) in [5.74, 6) is 0.856. The molecule has 7 rings (SSSR count). The molecule has 0 saturated carbocycles. The van der Waals surface area contributed by atoms with E-state index in [4.69, 9.17) is 10.1 Å². The second kappa shape index (κ2) is 14.0. The molecule has 0 radical (unpaired) electrons. The van der Waals surface area contributed by atoms with Crippen molar-refractivity contribution in [2.75, 3.05) is 36.6 Å². The first-order valence-corrected chi connectivity index (χ1v) is 18.5. The normalized spacial score (nSPS) is 11.8. The van der Waals surface area contributed by atoms with E-state index < -0.39 is 15.4 Å². The predicted octanol–water partition coefficient (Wildman–Crippen LogP) is 7.68. The van der Waals surface area contributed by atoms with E-state index in [1.807, 2.05) is 37.5 Å². The Kier molecular flexibility index (Phi) is 9.15. The second-order valence-electron chi connectivity index (χ2n) is 12.4. The van der Waals surface area contributed by atoms with Gasteiger partial charge in [-0.15, -0.1) is 0 Å². The standard InChI is InChI=1S/C41H38N6O2S/c1-46(26-12-25-42-36-20-22-37(23-21-36)50(2,48)49)40-38-27-31(19-24-39(38)43-30-44-40)32-28-45-47(29-32)41(33-13-6-3-7-14-33,34-15-8-4-9-16-34)35-17-10-5-11-18-35/h3-11,13-24,27-30,42H,12,25-26H2,1-2H3. The van der Waals surface area contributed by atoms with Gasteiger partial charge in [0.2, 0.25) is 0 Å². The van der Waals surface area contributed by atoms with Crippen LogP contribution in [-0.2, 0) is 15.4 Å². The SMILES string of the molecule is CN(CCCNc1ccc(S(C)(=O)=O)cc1)c1ncnc2ccc(-c3cnn(C(c4ccccc4)(c4ccccc4)c4ccccc4)c3)cc12. The number of nitrogens with zero attached hydrogens (tertiary/aromatic N) is 5. The zero-order valence-corrected chi connectivity index (χ0v) is 28.8. The van der Waals surface area contributed by atoms with E-state index in [2.05, 4.69) is 111 Å². The van der Waals surface area contributed by atoms with E-state index in [-0.39, 0.29) is 0 Å². The molecule has 0 fully saturated rings. The van der Waals surface area contributed by atoms with Gasteiger partial charge in [-0.1, -0.05) is 97.1 Å². The van der Waals surface area contributed by atoms with Crippen molar-refractivity contribution in [1.82, 2.24) is 19.7 Å². The number of rotatable bonds is 12. The maximum absolute atomic E-state index is 11.8. The van der Waals surface area contributed by atoms with Crippen LogP contribution in [0.5, 0.6) is 0 Å². The van der Waals surface area contributed by atoms with Crippen molar-refractivity contribution in [1.29, 1.82) is 0 Å². The Labute approximate surface area is 293 Å². The molecule has 0 spiro atoms. The molecule has 0 aliphatic heterocycles. The fourth-order valence-electron chi connectivity index (χ4n) is 6.59. The summed E-state index contributed by atoms with van der Waals surface area (Å²) >= 11 is 0. The van der Waals surface area contributed by atoms with Crippen LogP contribution in [0.25, 0.3) is 22.0 Å². The molecular formula is C41H38N6O2S. The Bertz CT molecular complexity index is 2210. The molecule has 50 heavy (non-hydrogen) atoms. The Morgan fingerprint density at radius 2 is 1.34 bits per heavy atom. The summed E-state index contributed by atoms with van der Waals surface area (Å²) in [5, 5.41) is 9.41. The third-order valence-electron chi connectivity index (χ3n) is 9.09. The Morgan fingerprint density at radius 3 is 1.92 bits per heavy atom. The monoisotopic (exact) mass is 678 g/mol. The highest BCUT2D eigenvalue weighted by Gasteiger charge is 2.39. The lowest BCUT2D eigenvalue weighted by Gasteiger charge is -2.36. The van der Waals surface area contributed by atoms with Crippen LogP contribution in [0.2, 0.25) is 0 Å². The molecule has 250 valence electrons. The molecule has 0 aliphatic rings. The quantitative estimate of drug-likeness (QED) is 0.105. The van der Waals surface area contributed by atoms with Gasteiger partial charge in [0.05, 0.1) is 16.6 Å². The zero-order valence-electron chi connectivity index (χ0n) is 28.0. The van der Waals surface area contributed by atoms with Gasteiger partial charge in [-0.3, -0.25) is 4.68 Å². The van der Waals surface area contributed by atoms with Crippen molar-refractivity contribution < 1.29 is 8.42 Å². The topological polar surface area (TPSA) is 93.0 Å². The highest BCUT2D eigenvalue weighted by Crippen LogP contribution is 2.41. The minimum absolute atomic E-state index is 0.313. The molecule has 7 aromatic rings. The third-order valence-corrected chi connectivity index (χ3v) is 10.2. The number of anilines is 2. The van der Waals surface area contributed by atoms with Crippen molar-refractivity contribution in [3.05, 3.63) is 169 Å². The van der Waals surface area contributed by atoms with E-state index in [1.165, 1.54) is 6.26 Å². The van der Waals surface area contributed by atoms with Crippen LogP contribution in [0.1, 0.15) is 23.1 Å². The van der Waals surface area contributed by atoms with Crippen molar-refractivity contribution >= 4 is 32.2 Å². The van der Waals surface area contributed by atoms with Gasteiger partial charge in [0.25, 0.3) is 0 Å². The summed E-state index contributed by atoms with van der Waals surface area (Å²) in [6.07, 6.45) is 7.75. The fraction of sp³-hybridized carbons (Fsp3) is 0.146. The second-order valence-corrected chi connectivity index (χ2v) is 14.4. The molecule has 0 aliphatic carbocycles. The summed E-state index contributed by atoms with van der Waals surface area (Å²) in [7, 11) is -1.17. The Hall–Kier alpha value is -5.80. The lowest BCUT2D eigenvalue weighted by Crippen LogP contribution is -2.38. The molecule has 9 heteroatoms. The molecule has 0 bridgehead atoms. The molecular weight excluding hydrogens is 641 g/mol. The average Bonchev–Trinajstić information content (AvgIpc) is 3.65. The highest BCUT2D eigenvalue weighted by molar-refractivity contribution is 7.90. The first-order valence-electron chi connectivity index (χ1n) is 16.6. The van der Waals surface area contributed by atoms with Crippen LogP contribution in [0.15, 0.2) is 157 Å². The predicted molar refractivity (Wildman–Crippen MR) is 201 cm³/mol.